The molecule has 11 N–H and O–H groups in total. The van der Waals surface area contributed by atoms with Crippen molar-refractivity contribution in [2.24, 2.45) is 23.1 Å². The lowest BCUT2D eigenvalue weighted by atomic mass is 10.0. The zero-order chi connectivity index (χ0) is 25.9. The number of carboxylic acid groups (broad SMARTS) is 2. The highest BCUT2D eigenvalue weighted by Gasteiger charge is 2.32. The minimum atomic E-state index is -1.69. The highest BCUT2D eigenvalue weighted by atomic mass is 16.4. The van der Waals surface area contributed by atoms with Crippen LogP contribution in [0.1, 0.15) is 39.5 Å². The van der Waals surface area contributed by atoms with Crippen LogP contribution in [0.5, 0.6) is 0 Å². The molecule has 0 spiro atoms. The highest BCUT2D eigenvalue weighted by molar-refractivity contribution is 5.97. The molecule has 4 unspecified atom stereocenters. The van der Waals surface area contributed by atoms with Gasteiger partial charge in [-0.25, -0.2) is 4.79 Å². The molecular weight excluding hydrogens is 444 g/mol. The van der Waals surface area contributed by atoms with Crippen LogP contribution in [-0.4, -0.2) is 75.9 Å². The maximum atomic E-state index is 12.6. The van der Waals surface area contributed by atoms with Gasteiger partial charge in [0.1, 0.15) is 18.1 Å². The van der Waals surface area contributed by atoms with E-state index in [-0.39, 0.29) is 5.92 Å². The molecule has 0 bridgehead atoms. The molecule has 0 aromatic carbocycles. The van der Waals surface area contributed by atoms with Gasteiger partial charge < -0.3 is 43.4 Å². The molecule has 0 rings (SSSR count). The zero-order valence-electron chi connectivity index (χ0n) is 18.2. The van der Waals surface area contributed by atoms with E-state index in [4.69, 9.17) is 27.4 Å². The first-order valence-electron chi connectivity index (χ1n) is 9.83. The summed E-state index contributed by atoms with van der Waals surface area (Å²) in [6.07, 6.45) is -2.47. The maximum Gasteiger partial charge on any atom is 0.326 e. The van der Waals surface area contributed by atoms with Crippen LogP contribution >= 0.6 is 0 Å². The van der Waals surface area contributed by atoms with Crippen molar-refractivity contribution in [3.8, 4) is 0 Å². The number of hydrogen-bond acceptors (Lipinski definition) is 8. The van der Waals surface area contributed by atoms with E-state index in [1.54, 1.807) is 13.8 Å². The van der Waals surface area contributed by atoms with Gasteiger partial charge in [0.05, 0.1) is 18.9 Å². The Balaban J connectivity index is 5.56. The lowest BCUT2D eigenvalue weighted by molar-refractivity contribution is -0.143. The number of nitrogens with one attached hydrogen (secondary N) is 3. The van der Waals surface area contributed by atoms with E-state index >= 15 is 0 Å². The number of aliphatic carboxylic acids is 2. The Labute approximate surface area is 188 Å². The van der Waals surface area contributed by atoms with Crippen molar-refractivity contribution in [3.63, 3.8) is 0 Å². The van der Waals surface area contributed by atoms with Crippen LogP contribution in [0.3, 0.4) is 0 Å². The van der Waals surface area contributed by atoms with Crippen LogP contribution in [0.15, 0.2) is 0 Å². The van der Waals surface area contributed by atoms with Crippen molar-refractivity contribution in [3.05, 3.63) is 0 Å². The minimum absolute atomic E-state index is 0.311. The van der Waals surface area contributed by atoms with Gasteiger partial charge in [0.25, 0.3) is 0 Å². The van der Waals surface area contributed by atoms with Crippen molar-refractivity contribution in [2.45, 2.75) is 63.7 Å². The number of rotatable bonds is 15. The normalized spacial score (nSPS) is 14.3. The Kier molecular flexibility index (Phi) is 12.1. The predicted octanol–water partition coefficient (Wildman–Crippen LogP) is -3.88. The maximum absolute atomic E-state index is 12.6. The molecule has 0 aliphatic heterocycles. The summed E-state index contributed by atoms with van der Waals surface area (Å²) < 4.78 is 0. The molecule has 0 aromatic rings. The summed E-state index contributed by atoms with van der Waals surface area (Å²) in [5.41, 5.74) is 15.9. The smallest absolute Gasteiger partial charge is 0.326 e. The lowest BCUT2D eigenvalue weighted by Crippen LogP contribution is -2.58. The van der Waals surface area contributed by atoms with E-state index in [9.17, 15) is 33.6 Å². The molecule has 186 valence electrons. The third kappa shape index (κ3) is 11.4. The number of primary amides is 2. The quantitative estimate of drug-likeness (QED) is 0.114. The Morgan fingerprint density at radius 1 is 0.727 bits per heavy atom. The number of carbonyl (C=O) groups excluding carboxylic acids is 5. The highest BCUT2D eigenvalue weighted by Crippen LogP contribution is 2.04. The molecule has 0 heterocycles. The van der Waals surface area contributed by atoms with Gasteiger partial charge in [0.2, 0.25) is 29.5 Å². The summed E-state index contributed by atoms with van der Waals surface area (Å²) in [5.74, 6) is -8.18. The van der Waals surface area contributed by atoms with Gasteiger partial charge in [-0.15, -0.1) is 0 Å². The number of hydrogen-bond donors (Lipinski definition) is 8. The van der Waals surface area contributed by atoms with E-state index < -0.39 is 91.3 Å². The molecule has 0 aromatic heterocycles. The van der Waals surface area contributed by atoms with Gasteiger partial charge >= 0.3 is 11.9 Å². The third-order valence-corrected chi connectivity index (χ3v) is 4.36. The van der Waals surface area contributed by atoms with Crippen molar-refractivity contribution in [1.29, 1.82) is 0 Å². The second-order valence-corrected chi connectivity index (χ2v) is 7.56. The summed E-state index contributed by atoms with van der Waals surface area (Å²) >= 11 is 0. The van der Waals surface area contributed by atoms with E-state index in [0.29, 0.717) is 0 Å². The van der Waals surface area contributed by atoms with Crippen LogP contribution in [-0.2, 0) is 33.6 Å². The Morgan fingerprint density at radius 2 is 1.12 bits per heavy atom. The van der Waals surface area contributed by atoms with E-state index in [2.05, 4.69) is 10.6 Å². The standard InChI is InChI=1S/C18H30N6O9/c1-7(2)14(21)17(31)24-10(6-12(20)26)16(30)23-9(5-11(19)25)15(29)22-8(18(32)33)3-4-13(27)28/h7-10,14H,3-6,21H2,1-2H3,(H2,19,25)(H2,20,26)(H,22,29)(H,23,30)(H,24,31)(H,27,28)(H,32,33). The molecule has 0 fully saturated rings. The van der Waals surface area contributed by atoms with Gasteiger partial charge in [-0.3, -0.25) is 28.8 Å². The topological polar surface area (TPSA) is 274 Å². The van der Waals surface area contributed by atoms with Gasteiger partial charge in [0.15, 0.2) is 0 Å². The van der Waals surface area contributed by atoms with E-state index in [1.165, 1.54) is 0 Å². The lowest BCUT2D eigenvalue weighted by Gasteiger charge is -2.24. The molecule has 0 saturated heterocycles. The summed E-state index contributed by atoms with van der Waals surface area (Å²) in [4.78, 5) is 82.0. The summed E-state index contributed by atoms with van der Waals surface area (Å²) in [6.45, 7) is 3.29. The second kappa shape index (κ2) is 13.6. The van der Waals surface area contributed by atoms with Crippen molar-refractivity contribution in [2.75, 3.05) is 0 Å². The summed E-state index contributed by atoms with van der Waals surface area (Å²) in [6, 6.07) is -5.90. The molecule has 0 aliphatic carbocycles. The molecule has 4 atom stereocenters. The first-order chi connectivity index (χ1) is 15.1. The average Bonchev–Trinajstić information content (AvgIpc) is 2.67. The molecule has 15 nitrogen and oxygen atoms in total. The second-order valence-electron chi connectivity index (χ2n) is 7.56. The van der Waals surface area contributed by atoms with Crippen molar-refractivity contribution in [1.82, 2.24) is 16.0 Å². The molecule has 33 heavy (non-hydrogen) atoms. The van der Waals surface area contributed by atoms with Crippen LogP contribution in [0, 0.1) is 5.92 Å². The predicted molar refractivity (Wildman–Crippen MR) is 111 cm³/mol. The molecule has 5 amide bonds. The van der Waals surface area contributed by atoms with Crippen LogP contribution in [0.2, 0.25) is 0 Å². The Morgan fingerprint density at radius 3 is 1.45 bits per heavy atom. The summed E-state index contributed by atoms with van der Waals surface area (Å²) in [7, 11) is 0. The number of carbonyl (C=O) groups is 7. The molecule has 15 heteroatoms. The molecule has 0 saturated carbocycles. The molecular formula is C18H30N6O9. The van der Waals surface area contributed by atoms with Gasteiger partial charge in [0, 0.05) is 6.42 Å². The van der Waals surface area contributed by atoms with Crippen LogP contribution in [0.4, 0.5) is 0 Å². The van der Waals surface area contributed by atoms with Crippen LogP contribution in [0.25, 0.3) is 0 Å². The Hall–Kier alpha value is -3.75. The summed E-state index contributed by atoms with van der Waals surface area (Å²) in [5, 5.41) is 24.2. The monoisotopic (exact) mass is 474 g/mol. The number of carboxylic acids is 2. The van der Waals surface area contributed by atoms with Gasteiger partial charge in [-0.2, -0.15) is 0 Å². The van der Waals surface area contributed by atoms with Gasteiger partial charge in [-0.1, -0.05) is 13.8 Å². The fourth-order valence-corrected chi connectivity index (χ4v) is 2.46. The van der Waals surface area contributed by atoms with Gasteiger partial charge in [-0.05, 0) is 12.3 Å². The van der Waals surface area contributed by atoms with Crippen LogP contribution < -0.4 is 33.2 Å². The fraction of sp³-hybridized carbons (Fsp3) is 0.611. The van der Waals surface area contributed by atoms with E-state index in [1.807, 2.05) is 5.32 Å². The zero-order valence-corrected chi connectivity index (χ0v) is 18.2. The van der Waals surface area contributed by atoms with E-state index in [0.717, 1.165) is 0 Å². The first kappa shape index (κ1) is 29.2. The average molecular weight is 474 g/mol. The SMILES string of the molecule is CC(C)C(N)C(=O)NC(CC(N)=O)C(=O)NC(CC(N)=O)C(=O)NC(CCC(=O)O)C(=O)O. The first-order valence-corrected chi connectivity index (χ1v) is 9.83. The number of nitrogens with two attached hydrogens (primary N) is 3. The largest absolute Gasteiger partial charge is 0.481 e. The molecule has 0 aliphatic rings. The third-order valence-electron chi connectivity index (χ3n) is 4.36. The minimum Gasteiger partial charge on any atom is -0.481 e. The fourth-order valence-electron chi connectivity index (χ4n) is 2.46. The Bertz CT molecular complexity index is 785. The molecule has 0 radical (unpaired) electrons. The van der Waals surface area contributed by atoms with Crippen molar-refractivity contribution >= 4 is 41.5 Å². The van der Waals surface area contributed by atoms with Crippen molar-refractivity contribution < 1.29 is 43.8 Å². The number of amides is 5.